The summed E-state index contributed by atoms with van der Waals surface area (Å²) in [6.07, 6.45) is 0. The van der Waals surface area contributed by atoms with Crippen molar-refractivity contribution in [2.24, 2.45) is 5.73 Å². The Kier molecular flexibility index (Phi) is 3.83. The van der Waals surface area contributed by atoms with Gasteiger partial charge in [0.05, 0.1) is 17.8 Å². The highest BCUT2D eigenvalue weighted by molar-refractivity contribution is 6.04. The number of hydrogen-bond acceptors (Lipinski definition) is 3. The first-order valence-electron chi connectivity index (χ1n) is 7.09. The Morgan fingerprint density at radius 3 is 2.83 bits per heavy atom. The van der Waals surface area contributed by atoms with Crippen molar-refractivity contribution in [3.05, 3.63) is 59.3 Å². The van der Waals surface area contributed by atoms with Gasteiger partial charge in [-0.3, -0.25) is 4.79 Å². The number of rotatable bonds is 3. The molecular formula is C18H15N3O2. The van der Waals surface area contributed by atoms with E-state index in [1.165, 1.54) is 0 Å². The van der Waals surface area contributed by atoms with Crippen molar-refractivity contribution in [2.45, 2.75) is 13.5 Å². The molecule has 0 saturated heterocycles. The molecule has 5 nitrogen and oxygen atoms in total. The summed E-state index contributed by atoms with van der Waals surface area (Å²) in [6, 6.07) is 12.9. The summed E-state index contributed by atoms with van der Waals surface area (Å²) < 4.78 is 1.66. The van der Waals surface area contributed by atoms with E-state index in [2.05, 4.69) is 16.9 Å². The van der Waals surface area contributed by atoms with Crippen LogP contribution in [0.2, 0.25) is 0 Å². The monoisotopic (exact) mass is 305 g/mol. The van der Waals surface area contributed by atoms with Crippen LogP contribution in [0.3, 0.4) is 0 Å². The lowest BCUT2D eigenvalue weighted by Gasteiger charge is -2.04. The number of aromatic nitrogens is 2. The summed E-state index contributed by atoms with van der Waals surface area (Å²) in [5, 5.41) is 14.3. The molecule has 0 saturated carbocycles. The third-order valence-corrected chi connectivity index (χ3v) is 3.52. The maximum absolute atomic E-state index is 11.7. The lowest BCUT2D eigenvalue weighted by molar-refractivity contribution is 0.0996. The van der Waals surface area contributed by atoms with Gasteiger partial charge in [-0.05, 0) is 42.8 Å². The Bertz CT molecular complexity index is 961. The van der Waals surface area contributed by atoms with Gasteiger partial charge in [0.2, 0.25) is 0 Å². The Hall–Kier alpha value is -3.10. The highest BCUT2D eigenvalue weighted by atomic mass is 16.3. The fourth-order valence-electron chi connectivity index (χ4n) is 2.50. The second-order valence-electron chi connectivity index (χ2n) is 5.06. The minimum Gasteiger partial charge on any atom is -0.392 e. The number of aliphatic hydroxyl groups is 1. The van der Waals surface area contributed by atoms with Crippen LogP contribution in [-0.4, -0.2) is 20.8 Å². The topological polar surface area (TPSA) is 81.1 Å². The van der Waals surface area contributed by atoms with Gasteiger partial charge < -0.3 is 10.8 Å². The van der Waals surface area contributed by atoms with Crippen molar-refractivity contribution in [1.82, 2.24) is 9.78 Å². The van der Waals surface area contributed by atoms with Crippen LogP contribution < -0.4 is 5.73 Å². The van der Waals surface area contributed by atoms with Gasteiger partial charge >= 0.3 is 0 Å². The first-order valence-corrected chi connectivity index (χ1v) is 7.09. The fraction of sp³-hybridized carbons (Fsp3) is 0.111. The fourth-order valence-corrected chi connectivity index (χ4v) is 2.50. The molecule has 2 aromatic carbocycles. The smallest absolute Gasteiger partial charge is 0.269 e. The summed E-state index contributed by atoms with van der Waals surface area (Å²) in [5.74, 6) is 5.25. The molecule has 0 aliphatic carbocycles. The highest BCUT2D eigenvalue weighted by Crippen LogP contribution is 2.24. The minimum atomic E-state index is -0.603. The second kappa shape index (κ2) is 5.95. The molecule has 0 fully saturated rings. The Morgan fingerprint density at radius 2 is 2.13 bits per heavy atom. The number of hydrogen-bond donors (Lipinski definition) is 2. The van der Waals surface area contributed by atoms with E-state index in [1.54, 1.807) is 23.7 Å². The van der Waals surface area contributed by atoms with Crippen LogP contribution in [0.4, 0.5) is 0 Å². The van der Waals surface area contributed by atoms with E-state index in [4.69, 9.17) is 5.73 Å². The van der Waals surface area contributed by atoms with Gasteiger partial charge in [-0.1, -0.05) is 18.1 Å². The van der Waals surface area contributed by atoms with E-state index in [-0.39, 0.29) is 12.3 Å². The van der Waals surface area contributed by atoms with Crippen LogP contribution >= 0.6 is 0 Å². The number of carbonyl (C=O) groups excluding carboxylic acids is 1. The predicted octanol–water partition coefficient (Wildman–Crippen LogP) is 1.99. The number of nitrogens with two attached hydrogens (primary N) is 1. The van der Waals surface area contributed by atoms with Crippen LogP contribution in [-0.2, 0) is 6.61 Å². The molecule has 23 heavy (non-hydrogen) atoms. The number of fused-ring (bicyclic) bond motifs is 1. The molecule has 0 spiro atoms. The normalized spacial score (nSPS) is 10.3. The van der Waals surface area contributed by atoms with Gasteiger partial charge in [-0.15, -0.1) is 5.92 Å². The Morgan fingerprint density at radius 1 is 1.30 bits per heavy atom. The van der Waals surface area contributed by atoms with E-state index < -0.39 is 5.91 Å². The van der Waals surface area contributed by atoms with Crippen LogP contribution in [0, 0.1) is 11.8 Å². The van der Waals surface area contributed by atoms with Crippen LogP contribution in [0.15, 0.2) is 42.5 Å². The molecule has 1 heterocycles. The van der Waals surface area contributed by atoms with Crippen molar-refractivity contribution in [3.63, 3.8) is 0 Å². The van der Waals surface area contributed by atoms with E-state index in [9.17, 15) is 9.90 Å². The van der Waals surface area contributed by atoms with Crippen LogP contribution in [0.1, 0.15) is 28.5 Å². The summed E-state index contributed by atoms with van der Waals surface area (Å²) in [5.41, 5.74) is 8.72. The third kappa shape index (κ3) is 2.68. The van der Waals surface area contributed by atoms with Crippen LogP contribution in [0.25, 0.3) is 16.6 Å². The molecule has 5 heteroatoms. The lowest BCUT2D eigenvalue weighted by atomic mass is 10.1. The SMILES string of the molecule is CC#Cc1cccc(-n2nc(C(N)=O)c3cc(CO)ccc32)c1. The minimum absolute atomic E-state index is 0.110. The molecule has 0 unspecified atom stereocenters. The molecular weight excluding hydrogens is 290 g/mol. The lowest BCUT2D eigenvalue weighted by Crippen LogP contribution is -2.12. The molecule has 0 aliphatic rings. The van der Waals surface area contributed by atoms with E-state index in [0.29, 0.717) is 10.9 Å². The number of aliphatic hydroxyl groups excluding tert-OH is 1. The van der Waals surface area contributed by atoms with Gasteiger partial charge in [0.1, 0.15) is 0 Å². The maximum Gasteiger partial charge on any atom is 0.269 e. The largest absolute Gasteiger partial charge is 0.392 e. The zero-order valence-corrected chi connectivity index (χ0v) is 12.6. The molecule has 114 valence electrons. The van der Waals surface area contributed by atoms with Gasteiger partial charge in [-0.25, -0.2) is 4.68 Å². The maximum atomic E-state index is 11.7. The first-order chi connectivity index (χ1) is 11.1. The molecule has 0 radical (unpaired) electrons. The Labute approximate surface area is 133 Å². The van der Waals surface area contributed by atoms with Crippen molar-refractivity contribution in [3.8, 4) is 17.5 Å². The molecule has 0 atom stereocenters. The third-order valence-electron chi connectivity index (χ3n) is 3.52. The zero-order valence-electron chi connectivity index (χ0n) is 12.6. The van der Waals surface area contributed by atoms with Gasteiger partial charge in [0, 0.05) is 10.9 Å². The van der Waals surface area contributed by atoms with Crippen LogP contribution in [0.5, 0.6) is 0 Å². The van der Waals surface area contributed by atoms with Crippen molar-refractivity contribution >= 4 is 16.8 Å². The molecule has 0 bridgehead atoms. The molecule has 3 aromatic rings. The van der Waals surface area contributed by atoms with Gasteiger partial charge in [0.25, 0.3) is 5.91 Å². The number of amides is 1. The molecule has 1 aromatic heterocycles. The van der Waals surface area contributed by atoms with E-state index >= 15 is 0 Å². The van der Waals surface area contributed by atoms with Crippen molar-refractivity contribution in [2.75, 3.05) is 0 Å². The molecule has 3 rings (SSSR count). The predicted molar refractivity (Wildman–Crippen MR) is 88.1 cm³/mol. The Balaban J connectivity index is 2.27. The average Bonchev–Trinajstić information content (AvgIpc) is 2.94. The quantitative estimate of drug-likeness (QED) is 0.726. The van der Waals surface area contributed by atoms with E-state index in [1.807, 2.05) is 30.3 Å². The van der Waals surface area contributed by atoms with Gasteiger partial charge in [-0.2, -0.15) is 5.10 Å². The number of carbonyl (C=O) groups is 1. The second-order valence-corrected chi connectivity index (χ2v) is 5.06. The van der Waals surface area contributed by atoms with Crippen molar-refractivity contribution in [1.29, 1.82) is 0 Å². The molecule has 0 aliphatic heterocycles. The zero-order chi connectivity index (χ0) is 16.4. The number of nitrogens with zero attached hydrogens (tertiary/aromatic N) is 2. The summed E-state index contributed by atoms with van der Waals surface area (Å²) in [7, 11) is 0. The highest BCUT2D eigenvalue weighted by Gasteiger charge is 2.16. The van der Waals surface area contributed by atoms with Gasteiger partial charge in [0.15, 0.2) is 5.69 Å². The van der Waals surface area contributed by atoms with Crippen molar-refractivity contribution < 1.29 is 9.90 Å². The summed E-state index contributed by atoms with van der Waals surface area (Å²) in [4.78, 5) is 11.7. The molecule has 1 amide bonds. The number of benzene rings is 2. The average molecular weight is 305 g/mol. The number of primary amides is 1. The molecule has 3 N–H and O–H groups in total. The first kappa shape index (κ1) is 14.8. The standard InChI is InChI=1S/C18H15N3O2/c1-2-4-12-5-3-6-14(9-12)21-16-8-7-13(11-22)10-15(16)17(20-21)18(19)23/h3,5-10,22H,11H2,1H3,(H2,19,23). The summed E-state index contributed by atoms with van der Waals surface area (Å²) in [6.45, 7) is 1.67. The summed E-state index contributed by atoms with van der Waals surface area (Å²) >= 11 is 0. The van der Waals surface area contributed by atoms with E-state index in [0.717, 1.165) is 16.8 Å².